The molecule has 2 N–H and O–H groups in total. The van der Waals surface area contributed by atoms with Crippen molar-refractivity contribution in [3.63, 3.8) is 0 Å². The summed E-state index contributed by atoms with van der Waals surface area (Å²) in [6.45, 7) is 4.03. The maximum Gasteiger partial charge on any atom is 0.303 e. The van der Waals surface area contributed by atoms with Crippen molar-refractivity contribution in [2.75, 3.05) is 5.32 Å². The fraction of sp³-hybridized carbons (Fsp3) is 0.667. The van der Waals surface area contributed by atoms with Crippen LogP contribution in [0.2, 0.25) is 0 Å². The largest absolute Gasteiger partial charge is 0.481 e. The molecule has 0 amide bonds. The van der Waals surface area contributed by atoms with Gasteiger partial charge in [0.05, 0.1) is 0 Å². The lowest BCUT2D eigenvalue weighted by Gasteiger charge is -2.27. The summed E-state index contributed by atoms with van der Waals surface area (Å²) in [6.07, 6.45) is 7.96. The molecule has 2 rings (SSSR count). The first-order valence-electron chi connectivity index (χ1n) is 7.31. The molecular formula is C15H23N3O2. The minimum Gasteiger partial charge on any atom is -0.481 e. The van der Waals surface area contributed by atoms with Gasteiger partial charge in [-0.3, -0.25) is 4.79 Å². The Kier molecular flexibility index (Phi) is 4.57. The van der Waals surface area contributed by atoms with Gasteiger partial charge in [-0.1, -0.05) is 6.42 Å². The molecule has 0 spiro atoms. The van der Waals surface area contributed by atoms with Crippen LogP contribution in [0.15, 0.2) is 6.33 Å². The Morgan fingerprint density at radius 1 is 1.30 bits per heavy atom. The molecule has 1 heterocycles. The van der Waals surface area contributed by atoms with Crippen molar-refractivity contribution in [2.45, 2.75) is 64.3 Å². The van der Waals surface area contributed by atoms with Crippen LogP contribution in [0.4, 0.5) is 5.82 Å². The van der Waals surface area contributed by atoms with E-state index >= 15 is 0 Å². The third kappa shape index (κ3) is 3.92. The van der Waals surface area contributed by atoms with Crippen molar-refractivity contribution in [1.82, 2.24) is 9.97 Å². The second-order valence-corrected chi connectivity index (χ2v) is 6.11. The number of hydrogen-bond acceptors (Lipinski definition) is 4. The van der Waals surface area contributed by atoms with E-state index in [9.17, 15) is 4.79 Å². The molecule has 0 fully saturated rings. The van der Waals surface area contributed by atoms with E-state index in [1.807, 2.05) is 13.8 Å². The Bertz CT molecular complexity index is 486. The van der Waals surface area contributed by atoms with Gasteiger partial charge in [0.2, 0.25) is 0 Å². The van der Waals surface area contributed by atoms with Crippen molar-refractivity contribution in [1.29, 1.82) is 0 Å². The number of fused-ring (bicyclic) bond motifs is 1. The molecule has 1 aromatic heterocycles. The molecule has 0 saturated heterocycles. The molecular weight excluding hydrogens is 254 g/mol. The zero-order valence-corrected chi connectivity index (χ0v) is 12.3. The van der Waals surface area contributed by atoms with Crippen molar-refractivity contribution >= 4 is 11.8 Å². The fourth-order valence-corrected chi connectivity index (χ4v) is 2.61. The summed E-state index contributed by atoms with van der Waals surface area (Å²) in [5, 5.41) is 12.2. The summed E-state index contributed by atoms with van der Waals surface area (Å²) in [4.78, 5) is 19.5. The Hall–Kier alpha value is -1.65. The Morgan fingerprint density at radius 2 is 2.05 bits per heavy atom. The average molecular weight is 277 g/mol. The molecule has 0 bridgehead atoms. The second-order valence-electron chi connectivity index (χ2n) is 6.11. The van der Waals surface area contributed by atoms with Gasteiger partial charge in [-0.2, -0.15) is 0 Å². The molecule has 20 heavy (non-hydrogen) atoms. The molecule has 1 aliphatic carbocycles. The molecule has 0 radical (unpaired) electrons. The first kappa shape index (κ1) is 14.8. The van der Waals surface area contributed by atoms with E-state index in [2.05, 4.69) is 15.3 Å². The van der Waals surface area contributed by atoms with Crippen LogP contribution in [-0.2, 0) is 17.6 Å². The molecule has 0 aromatic carbocycles. The number of carboxylic acid groups (broad SMARTS) is 1. The number of carboxylic acids is 1. The quantitative estimate of drug-likeness (QED) is 0.809. The summed E-state index contributed by atoms with van der Waals surface area (Å²) in [6, 6.07) is 0. The Morgan fingerprint density at radius 3 is 2.80 bits per heavy atom. The van der Waals surface area contributed by atoms with Crippen LogP contribution in [0, 0.1) is 0 Å². The van der Waals surface area contributed by atoms with Gasteiger partial charge in [0.1, 0.15) is 12.1 Å². The monoisotopic (exact) mass is 277 g/mol. The molecule has 1 aromatic rings. The Labute approximate surface area is 119 Å². The highest BCUT2D eigenvalue weighted by molar-refractivity contribution is 5.67. The molecule has 110 valence electrons. The van der Waals surface area contributed by atoms with Gasteiger partial charge in [-0.05, 0) is 46.0 Å². The number of nitrogens with zero attached hydrogens (tertiary/aromatic N) is 2. The Balaban J connectivity index is 2.14. The molecule has 5 heteroatoms. The number of aromatic nitrogens is 2. The van der Waals surface area contributed by atoms with E-state index in [0.717, 1.165) is 24.4 Å². The summed E-state index contributed by atoms with van der Waals surface area (Å²) < 4.78 is 0. The molecule has 0 atom stereocenters. The van der Waals surface area contributed by atoms with Gasteiger partial charge in [0.15, 0.2) is 0 Å². The highest BCUT2D eigenvalue weighted by Gasteiger charge is 2.22. The first-order valence-corrected chi connectivity index (χ1v) is 7.31. The molecule has 1 aliphatic rings. The van der Waals surface area contributed by atoms with E-state index in [4.69, 9.17) is 5.11 Å². The minimum atomic E-state index is -0.763. The van der Waals surface area contributed by atoms with E-state index in [1.165, 1.54) is 24.8 Å². The summed E-state index contributed by atoms with van der Waals surface area (Å²) >= 11 is 0. The van der Waals surface area contributed by atoms with Gasteiger partial charge >= 0.3 is 5.97 Å². The highest BCUT2D eigenvalue weighted by Crippen LogP contribution is 2.27. The van der Waals surface area contributed by atoms with Crippen molar-refractivity contribution in [3.8, 4) is 0 Å². The molecule has 0 saturated carbocycles. The lowest BCUT2D eigenvalue weighted by Crippen LogP contribution is -2.32. The van der Waals surface area contributed by atoms with Crippen LogP contribution in [-0.4, -0.2) is 26.6 Å². The van der Waals surface area contributed by atoms with Crippen LogP contribution in [0.3, 0.4) is 0 Å². The van der Waals surface area contributed by atoms with Crippen LogP contribution in [0.25, 0.3) is 0 Å². The first-order chi connectivity index (χ1) is 9.48. The summed E-state index contributed by atoms with van der Waals surface area (Å²) in [7, 11) is 0. The average Bonchev–Trinajstić information content (AvgIpc) is 2.62. The lowest BCUT2D eigenvalue weighted by molar-refractivity contribution is -0.137. The zero-order valence-electron chi connectivity index (χ0n) is 12.3. The number of aryl methyl sites for hydroxylation is 1. The third-order valence-electron chi connectivity index (χ3n) is 3.80. The number of nitrogens with one attached hydrogen (secondary N) is 1. The van der Waals surface area contributed by atoms with Gasteiger partial charge in [0, 0.05) is 23.2 Å². The standard InChI is InChI=1S/C15H23N3O2/c1-15(2,9-8-13(19)20)18-14-11-6-4-3-5-7-12(11)16-10-17-14/h10H,3-9H2,1-2H3,(H,19,20)(H,16,17,18). The molecule has 5 nitrogen and oxygen atoms in total. The number of anilines is 1. The zero-order chi connectivity index (χ0) is 14.6. The SMILES string of the molecule is CC(C)(CCC(=O)O)Nc1ncnc2c1CCCCC2. The van der Waals surface area contributed by atoms with Gasteiger partial charge < -0.3 is 10.4 Å². The van der Waals surface area contributed by atoms with E-state index < -0.39 is 5.97 Å². The topological polar surface area (TPSA) is 75.1 Å². The third-order valence-corrected chi connectivity index (χ3v) is 3.80. The second kappa shape index (κ2) is 6.20. The highest BCUT2D eigenvalue weighted by atomic mass is 16.4. The van der Waals surface area contributed by atoms with Crippen molar-refractivity contribution in [2.24, 2.45) is 0 Å². The van der Waals surface area contributed by atoms with Gasteiger partial charge in [-0.25, -0.2) is 9.97 Å². The van der Waals surface area contributed by atoms with Crippen molar-refractivity contribution < 1.29 is 9.90 Å². The smallest absolute Gasteiger partial charge is 0.303 e. The number of aliphatic carboxylic acids is 1. The predicted molar refractivity (Wildman–Crippen MR) is 77.9 cm³/mol. The lowest BCUT2D eigenvalue weighted by atomic mass is 9.97. The van der Waals surface area contributed by atoms with E-state index in [1.54, 1.807) is 6.33 Å². The minimum absolute atomic E-state index is 0.160. The van der Waals surface area contributed by atoms with Crippen LogP contribution >= 0.6 is 0 Å². The summed E-state index contributed by atoms with van der Waals surface area (Å²) in [5.74, 6) is 0.119. The maximum atomic E-state index is 10.7. The maximum absolute atomic E-state index is 10.7. The number of hydrogen-bond donors (Lipinski definition) is 2. The van der Waals surface area contributed by atoms with Gasteiger partial charge in [0.25, 0.3) is 0 Å². The fourth-order valence-electron chi connectivity index (χ4n) is 2.61. The van der Waals surface area contributed by atoms with E-state index in [-0.39, 0.29) is 12.0 Å². The summed E-state index contributed by atoms with van der Waals surface area (Å²) in [5.41, 5.74) is 2.08. The van der Waals surface area contributed by atoms with Crippen molar-refractivity contribution in [3.05, 3.63) is 17.6 Å². The number of carbonyl (C=O) groups is 1. The van der Waals surface area contributed by atoms with E-state index in [0.29, 0.717) is 6.42 Å². The van der Waals surface area contributed by atoms with Crippen LogP contribution in [0.1, 0.15) is 57.2 Å². The van der Waals surface area contributed by atoms with Gasteiger partial charge in [-0.15, -0.1) is 0 Å². The molecule has 0 unspecified atom stereocenters. The molecule has 0 aliphatic heterocycles. The predicted octanol–water partition coefficient (Wildman–Crippen LogP) is 2.80. The van der Waals surface area contributed by atoms with Crippen LogP contribution < -0.4 is 5.32 Å². The van der Waals surface area contributed by atoms with Crippen LogP contribution in [0.5, 0.6) is 0 Å². The normalized spacial score (nSPS) is 15.3. The number of rotatable bonds is 5.